The van der Waals surface area contributed by atoms with Crippen LogP contribution in [0.25, 0.3) is 0 Å². The van der Waals surface area contributed by atoms with E-state index < -0.39 is 23.2 Å². The molecule has 1 amide bonds. The van der Waals surface area contributed by atoms with Gasteiger partial charge in [0.1, 0.15) is 5.75 Å². The van der Waals surface area contributed by atoms with Gasteiger partial charge in [0.05, 0.1) is 17.7 Å². The summed E-state index contributed by atoms with van der Waals surface area (Å²) >= 11 is 0. The molecule has 0 aromatic heterocycles. The second-order valence-electron chi connectivity index (χ2n) is 10.6. The quantitative estimate of drug-likeness (QED) is 0.601. The number of carbonyl (C=O) groups is 1. The fourth-order valence-corrected chi connectivity index (χ4v) is 6.72. The minimum Gasteiger partial charge on any atom is -0.508 e. The highest BCUT2D eigenvalue weighted by atomic mass is 16.3. The lowest BCUT2D eigenvalue weighted by atomic mass is 9.48. The Kier molecular flexibility index (Phi) is 4.10. The lowest BCUT2D eigenvalue weighted by Crippen LogP contribution is -2.76. The number of phenols is 1. The Hall–Kier alpha value is -1.63. The van der Waals surface area contributed by atoms with Gasteiger partial charge in [-0.3, -0.25) is 9.69 Å². The van der Waals surface area contributed by atoms with Gasteiger partial charge in [-0.1, -0.05) is 6.07 Å². The summed E-state index contributed by atoms with van der Waals surface area (Å²) in [4.78, 5) is 14.9. The van der Waals surface area contributed by atoms with Gasteiger partial charge in [-0.2, -0.15) is 0 Å². The van der Waals surface area contributed by atoms with Gasteiger partial charge in [0.15, 0.2) is 0 Å². The number of hydrogen-bond donors (Lipinski definition) is 4. The van der Waals surface area contributed by atoms with Gasteiger partial charge >= 0.3 is 0 Å². The summed E-state index contributed by atoms with van der Waals surface area (Å²) in [5.41, 5.74) is 0.570. The van der Waals surface area contributed by atoms with Crippen molar-refractivity contribution in [3.8, 4) is 5.75 Å². The number of phenolic OH excluding ortho intramolecular Hbond substituents is 1. The monoisotopic (exact) mass is 412 g/mol. The van der Waals surface area contributed by atoms with Crippen molar-refractivity contribution in [2.24, 2.45) is 11.8 Å². The third kappa shape index (κ3) is 2.76. The Labute approximate surface area is 177 Å². The summed E-state index contributed by atoms with van der Waals surface area (Å²) in [6, 6.07) is 5.10. The number of rotatable bonds is 4. The molecule has 3 saturated carbocycles. The van der Waals surface area contributed by atoms with E-state index in [1.54, 1.807) is 6.07 Å². The number of hydrogen-bond acceptors (Lipinski definition) is 5. The van der Waals surface area contributed by atoms with Gasteiger partial charge < -0.3 is 20.6 Å². The van der Waals surface area contributed by atoms with E-state index in [0.29, 0.717) is 12.8 Å². The molecular formula is C24H32N2O4. The van der Waals surface area contributed by atoms with E-state index in [4.69, 9.17) is 0 Å². The predicted molar refractivity (Wildman–Crippen MR) is 111 cm³/mol. The van der Waals surface area contributed by atoms with Gasteiger partial charge in [0, 0.05) is 30.3 Å². The molecule has 6 nitrogen and oxygen atoms in total. The van der Waals surface area contributed by atoms with Gasteiger partial charge in [0.25, 0.3) is 0 Å². The summed E-state index contributed by atoms with van der Waals surface area (Å²) in [7, 11) is 0. The van der Waals surface area contributed by atoms with E-state index in [-0.39, 0.29) is 23.6 Å². The molecule has 1 saturated heterocycles. The van der Waals surface area contributed by atoms with Crippen molar-refractivity contribution in [3.05, 3.63) is 29.3 Å². The van der Waals surface area contributed by atoms with Crippen molar-refractivity contribution in [2.75, 3.05) is 13.1 Å². The molecule has 1 aliphatic heterocycles. The number of carbonyl (C=O) groups excluding carboxylic acids is 1. The number of fused-ring (bicyclic) bond motifs is 1. The van der Waals surface area contributed by atoms with Crippen molar-refractivity contribution >= 4 is 5.91 Å². The number of aromatic hydroxyl groups is 1. The number of nitrogens with zero attached hydrogens (tertiary/aromatic N) is 1. The minimum atomic E-state index is -1.03. The highest BCUT2D eigenvalue weighted by Gasteiger charge is 2.66. The van der Waals surface area contributed by atoms with Crippen LogP contribution in [0.1, 0.15) is 56.1 Å². The number of benzene rings is 1. The zero-order valence-corrected chi connectivity index (χ0v) is 17.4. The number of amides is 1. The normalized spacial score (nSPS) is 40.4. The SMILES string of the molecule is O=C(NC1CC2(O)C3Cc4ccc(O)cc4C2(CCN3CC2CC2)CC1O)C1CC1. The van der Waals surface area contributed by atoms with Crippen molar-refractivity contribution in [2.45, 2.75) is 80.6 Å². The van der Waals surface area contributed by atoms with E-state index in [1.165, 1.54) is 18.4 Å². The van der Waals surface area contributed by atoms with Crippen LogP contribution in [0.2, 0.25) is 0 Å². The Morgan fingerprint density at radius 2 is 2.00 bits per heavy atom. The van der Waals surface area contributed by atoms with Crippen molar-refractivity contribution in [1.82, 2.24) is 10.2 Å². The molecule has 4 fully saturated rings. The molecule has 0 spiro atoms. The standard InChI is InChI=1S/C24H32N2O4/c27-17-6-5-16-9-21-24(30)11-19(25-22(29)15-3-4-15)20(28)12-23(24,18(16)10-17)7-8-26(21)13-14-1-2-14/h5-6,10,14-15,19-21,27-28,30H,1-4,7-9,11-13H2,(H,25,29). The van der Waals surface area contributed by atoms with Gasteiger partial charge in [-0.25, -0.2) is 0 Å². The zero-order chi connectivity index (χ0) is 20.7. The summed E-state index contributed by atoms with van der Waals surface area (Å²) in [5.74, 6) is 1.05. The Morgan fingerprint density at radius 1 is 1.20 bits per heavy atom. The lowest BCUT2D eigenvalue weighted by Gasteiger charge is -2.65. The summed E-state index contributed by atoms with van der Waals surface area (Å²) in [5, 5.41) is 36.8. The maximum atomic E-state index is 12.4. The van der Waals surface area contributed by atoms with E-state index in [0.717, 1.165) is 50.3 Å². The highest BCUT2D eigenvalue weighted by molar-refractivity contribution is 5.81. The number of aliphatic hydroxyl groups is 2. The molecule has 6 rings (SSSR count). The molecule has 5 atom stereocenters. The minimum absolute atomic E-state index is 0.0169. The van der Waals surface area contributed by atoms with Crippen molar-refractivity contribution in [1.29, 1.82) is 0 Å². The molecule has 4 N–H and O–H groups in total. The van der Waals surface area contributed by atoms with E-state index in [2.05, 4.69) is 10.2 Å². The second kappa shape index (κ2) is 6.44. The number of likely N-dealkylation sites (tertiary alicyclic amines) is 1. The third-order valence-corrected chi connectivity index (χ3v) is 8.69. The van der Waals surface area contributed by atoms with Crippen LogP contribution >= 0.6 is 0 Å². The van der Waals surface area contributed by atoms with Crippen LogP contribution in [-0.2, 0) is 16.6 Å². The molecule has 4 aliphatic carbocycles. The summed E-state index contributed by atoms with van der Waals surface area (Å²) < 4.78 is 0. The first-order valence-corrected chi connectivity index (χ1v) is 11.7. The largest absolute Gasteiger partial charge is 0.508 e. The van der Waals surface area contributed by atoms with Crippen LogP contribution in [0.5, 0.6) is 5.75 Å². The molecule has 1 aromatic rings. The second-order valence-corrected chi connectivity index (χ2v) is 10.6. The molecule has 1 aromatic carbocycles. The topological polar surface area (TPSA) is 93.0 Å². The van der Waals surface area contributed by atoms with Gasteiger partial charge in [-0.05, 0) is 80.7 Å². The molecule has 0 radical (unpaired) electrons. The van der Waals surface area contributed by atoms with E-state index >= 15 is 0 Å². The van der Waals surface area contributed by atoms with Gasteiger partial charge in [0.2, 0.25) is 5.91 Å². The fraction of sp³-hybridized carbons (Fsp3) is 0.708. The fourth-order valence-electron chi connectivity index (χ4n) is 6.72. The first-order chi connectivity index (χ1) is 14.4. The molecule has 2 bridgehead atoms. The Bertz CT molecular complexity index is 882. The Morgan fingerprint density at radius 3 is 2.73 bits per heavy atom. The molecular weight excluding hydrogens is 380 g/mol. The van der Waals surface area contributed by atoms with Gasteiger partial charge in [-0.15, -0.1) is 0 Å². The van der Waals surface area contributed by atoms with Crippen LogP contribution in [0.15, 0.2) is 18.2 Å². The maximum Gasteiger partial charge on any atom is 0.223 e. The summed E-state index contributed by atoms with van der Waals surface area (Å²) in [6.45, 7) is 1.93. The molecule has 5 aliphatic rings. The molecule has 6 heteroatoms. The molecule has 162 valence electrons. The average molecular weight is 413 g/mol. The summed E-state index contributed by atoms with van der Waals surface area (Å²) in [6.07, 6.45) is 6.00. The molecule has 30 heavy (non-hydrogen) atoms. The molecule has 5 unspecified atom stereocenters. The van der Waals surface area contributed by atoms with Crippen LogP contribution in [0, 0.1) is 11.8 Å². The smallest absolute Gasteiger partial charge is 0.223 e. The third-order valence-electron chi connectivity index (χ3n) is 8.69. The maximum absolute atomic E-state index is 12.4. The molecule has 1 heterocycles. The first kappa shape index (κ1) is 19.1. The van der Waals surface area contributed by atoms with Crippen LogP contribution in [0.3, 0.4) is 0 Å². The van der Waals surface area contributed by atoms with E-state index in [9.17, 15) is 20.1 Å². The van der Waals surface area contributed by atoms with Crippen molar-refractivity contribution in [3.63, 3.8) is 0 Å². The predicted octanol–water partition coefficient (Wildman–Crippen LogP) is 1.45. The number of piperidine rings is 1. The number of aliphatic hydroxyl groups excluding tert-OH is 1. The van der Waals surface area contributed by atoms with E-state index in [1.807, 2.05) is 12.1 Å². The number of nitrogens with one attached hydrogen (secondary N) is 1. The van der Waals surface area contributed by atoms with Crippen LogP contribution < -0.4 is 5.32 Å². The first-order valence-electron chi connectivity index (χ1n) is 11.7. The van der Waals surface area contributed by atoms with Crippen LogP contribution in [-0.4, -0.2) is 63.0 Å². The zero-order valence-electron chi connectivity index (χ0n) is 17.4. The highest BCUT2D eigenvalue weighted by Crippen LogP contribution is 2.59. The Balaban J connectivity index is 1.40. The average Bonchev–Trinajstić information content (AvgIpc) is 3.60. The van der Waals surface area contributed by atoms with Crippen molar-refractivity contribution < 1.29 is 20.1 Å². The lowest BCUT2D eigenvalue weighted by molar-refractivity contribution is -0.190. The van der Waals surface area contributed by atoms with Crippen LogP contribution in [0.4, 0.5) is 0 Å².